The predicted molar refractivity (Wildman–Crippen MR) is 161 cm³/mol. The highest BCUT2D eigenvalue weighted by Gasteiger charge is 2.39. The zero-order chi connectivity index (χ0) is 27.8. The Labute approximate surface area is 243 Å². The van der Waals surface area contributed by atoms with E-state index in [0.29, 0.717) is 30.3 Å². The lowest BCUT2D eigenvalue weighted by Crippen LogP contribution is -2.48. The molecule has 41 heavy (non-hydrogen) atoms. The summed E-state index contributed by atoms with van der Waals surface area (Å²) in [7, 11) is 2.26. The van der Waals surface area contributed by atoms with Crippen LogP contribution in [-0.2, 0) is 4.74 Å². The van der Waals surface area contributed by atoms with Gasteiger partial charge in [-0.1, -0.05) is 32.1 Å². The van der Waals surface area contributed by atoms with Gasteiger partial charge in [-0.3, -0.25) is 9.89 Å². The molecule has 3 atom stereocenters. The molecule has 2 N–H and O–H groups in total. The Hall–Kier alpha value is -2.90. The molecule has 7 heteroatoms. The van der Waals surface area contributed by atoms with Gasteiger partial charge in [0, 0.05) is 35.1 Å². The number of aromatic amines is 1. The van der Waals surface area contributed by atoms with Gasteiger partial charge in [-0.25, -0.2) is 0 Å². The summed E-state index contributed by atoms with van der Waals surface area (Å²) < 4.78 is 13.1. The van der Waals surface area contributed by atoms with Gasteiger partial charge in [0.1, 0.15) is 11.9 Å². The average Bonchev–Trinajstić information content (AvgIpc) is 3.70. The highest BCUT2D eigenvalue weighted by molar-refractivity contribution is 6.01. The summed E-state index contributed by atoms with van der Waals surface area (Å²) in [4.78, 5) is 15.9. The summed E-state index contributed by atoms with van der Waals surface area (Å²) in [6, 6.07) is 15.4. The molecule has 3 aromatic rings. The van der Waals surface area contributed by atoms with E-state index in [1.54, 1.807) is 0 Å². The molecule has 7 rings (SSSR count). The van der Waals surface area contributed by atoms with Crippen molar-refractivity contribution in [3.63, 3.8) is 0 Å². The van der Waals surface area contributed by atoms with Gasteiger partial charge in [0.2, 0.25) is 0 Å². The largest absolute Gasteiger partial charge is 0.490 e. The fourth-order valence-electron chi connectivity index (χ4n) is 7.95. The molecule has 4 fully saturated rings. The lowest BCUT2D eigenvalue weighted by atomic mass is 9.84. The van der Waals surface area contributed by atoms with Crippen LogP contribution in [-0.4, -0.2) is 64.5 Å². The molecule has 2 saturated carbocycles. The van der Waals surface area contributed by atoms with Crippen molar-refractivity contribution in [1.29, 1.82) is 0 Å². The Kier molecular flexibility index (Phi) is 7.50. The van der Waals surface area contributed by atoms with Crippen molar-refractivity contribution < 1.29 is 14.3 Å². The Bertz CT molecular complexity index is 1340. The van der Waals surface area contributed by atoms with Gasteiger partial charge < -0.3 is 19.7 Å². The van der Waals surface area contributed by atoms with Crippen LogP contribution in [0.15, 0.2) is 42.5 Å². The Morgan fingerprint density at radius 1 is 0.951 bits per heavy atom. The standard InChI is InChI=1S/C34H44N4O3/c1-38-25-12-13-26(38)21-29(20-25)40-27-14-9-23(10-15-27)32-30-19-24(11-16-31(30)36-37-32)33(39)35-22-34(17-5-2-6-18-34)41-28-7-3-4-8-28/h9-11,14-16,19,25-26,28-29H,2-8,12-13,17-18,20-22H2,1H3,(H,35,39)(H,36,37)/t25-,26+,29+. The normalized spacial score (nSPS) is 26.4. The van der Waals surface area contributed by atoms with Gasteiger partial charge >= 0.3 is 0 Å². The van der Waals surface area contributed by atoms with Crippen LogP contribution < -0.4 is 10.1 Å². The molecular formula is C34H44N4O3. The van der Waals surface area contributed by atoms with Crippen molar-refractivity contribution in [2.45, 2.75) is 113 Å². The minimum atomic E-state index is -0.218. The van der Waals surface area contributed by atoms with E-state index in [0.717, 1.165) is 66.4 Å². The molecule has 1 aromatic heterocycles. The molecule has 3 heterocycles. The van der Waals surface area contributed by atoms with E-state index in [4.69, 9.17) is 9.47 Å². The van der Waals surface area contributed by atoms with Crippen LogP contribution >= 0.6 is 0 Å². The quantitative estimate of drug-likeness (QED) is 0.326. The number of carbonyl (C=O) groups excluding carboxylic acids is 1. The predicted octanol–water partition coefficient (Wildman–Crippen LogP) is 6.63. The number of benzene rings is 2. The fourth-order valence-corrected chi connectivity index (χ4v) is 7.95. The van der Waals surface area contributed by atoms with Gasteiger partial charge in [-0.05, 0) is 101 Å². The molecule has 2 aromatic carbocycles. The van der Waals surface area contributed by atoms with Crippen molar-refractivity contribution in [1.82, 2.24) is 20.4 Å². The number of nitrogens with zero attached hydrogens (tertiary/aromatic N) is 2. The van der Waals surface area contributed by atoms with E-state index in [9.17, 15) is 4.79 Å². The topological polar surface area (TPSA) is 79.5 Å². The first kappa shape index (κ1) is 27.0. The summed E-state index contributed by atoms with van der Waals surface area (Å²) in [5.41, 5.74) is 3.23. The minimum absolute atomic E-state index is 0.0464. The van der Waals surface area contributed by atoms with Crippen LogP contribution in [0.4, 0.5) is 0 Å². The third-order valence-corrected chi connectivity index (χ3v) is 10.4. The molecule has 0 spiro atoms. The monoisotopic (exact) mass is 556 g/mol. The third kappa shape index (κ3) is 5.63. The molecule has 0 radical (unpaired) electrons. The van der Waals surface area contributed by atoms with Crippen molar-refractivity contribution in [2.75, 3.05) is 13.6 Å². The molecule has 2 aliphatic heterocycles. The smallest absolute Gasteiger partial charge is 0.251 e. The van der Waals surface area contributed by atoms with Crippen LogP contribution in [0.2, 0.25) is 0 Å². The van der Waals surface area contributed by atoms with E-state index in [2.05, 4.69) is 51.7 Å². The second-order valence-electron chi connectivity index (χ2n) is 13.1. The summed E-state index contributed by atoms with van der Waals surface area (Å²) in [6.45, 7) is 0.582. The van der Waals surface area contributed by atoms with Gasteiger partial charge in [0.25, 0.3) is 5.91 Å². The summed E-state index contributed by atoms with van der Waals surface area (Å²) >= 11 is 0. The Morgan fingerprint density at radius 2 is 1.68 bits per heavy atom. The number of nitrogens with one attached hydrogen (secondary N) is 2. The van der Waals surface area contributed by atoms with Crippen LogP contribution in [0, 0.1) is 0 Å². The lowest BCUT2D eigenvalue weighted by molar-refractivity contribution is -0.108. The molecule has 1 amide bonds. The van der Waals surface area contributed by atoms with E-state index < -0.39 is 0 Å². The summed E-state index contributed by atoms with van der Waals surface area (Å²) in [5.74, 6) is 0.869. The third-order valence-electron chi connectivity index (χ3n) is 10.4. The van der Waals surface area contributed by atoms with E-state index >= 15 is 0 Å². The molecule has 7 nitrogen and oxygen atoms in total. The maximum absolute atomic E-state index is 13.4. The van der Waals surface area contributed by atoms with Crippen molar-refractivity contribution in [2.24, 2.45) is 0 Å². The van der Waals surface area contributed by atoms with Crippen LogP contribution in [0.1, 0.15) is 93.8 Å². The van der Waals surface area contributed by atoms with Gasteiger partial charge in [-0.15, -0.1) is 0 Å². The molecule has 218 valence electrons. The van der Waals surface area contributed by atoms with E-state index in [1.807, 2.05) is 18.2 Å². The zero-order valence-corrected chi connectivity index (χ0v) is 24.4. The number of aromatic nitrogens is 2. The summed E-state index contributed by atoms with van der Waals surface area (Å²) in [6.07, 6.45) is 16.0. The molecule has 4 aliphatic rings. The second kappa shape index (κ2) is 11.4. The highest BCUT2D eigenvalue weighted by Crippen LogP contribution is 2.37. The number of H-pyrrole nitrogens is 1. The van der Waals surface area contributed by atoms with Crippen LogP contribution in [0.3, 0.4) is 0 Å². The number of piperidine rings is 1. The number of ether oxygens (including phenoxy) is 2. The first-order valence-corrected chi connectivity index (χ1v) is 16.0. The maximum atomic E-state index is 13.4. The summed E-state index contributed by atoms with van der Waals surface area (Å²) in [5, 5.41) is 12.0. The van der Waals surface area contributed by atoms with E-state index in [1.165, 1.54) is 44.9 Å². The number of carbonyl (C=O) groups is 1. The Morgan fingerprint density at radius 3 is 2.41 bits per heavy atom. The Balaban J connectivity index is 1.03. The number of rotatable bonds is 8. The lowest BCUT2D eigenvalue weighted by Gasteiger charge is -2.39. The molecule has 0 unspecified atom stereocenters. The minimum Gasteiger partial charge on any atom is -0.490 e. The second-order valence-corrected chi connectivity index (χ2v) is 13.1. The number of fused-ring (bicyclic) bond motifs is 3. The average molecular weight is 557 g/mol. The molecular weight excluding hydrogens is 512 g/mol. The van der Waals surface area contributed by atoms with Crippen molar-refractivity contribution >= 4 is 16.8 Å². The number of hydrogen-bond donors (Lipinski definition) is 2. The number of amides is 1. The SMILES string of the molecule is CN1[C@@H]2CC[C@H]1C[C@@H](Oc1ccc(-c3n[nH]c4ccc(C(=O)NCC5(OC6CCCC6)CCCCC5)cc34)cc1)C2. The van der Waals surface area contributed by atoms with E-state index in [-0.39, 0.29) is 17.6 Å². The van der Waals surface area contributed by atoms with Gasteiger partial charge in [0.05, 0.1) is 22.9 Å². The first-order valence-electron chi connectivity index (χ1n) is 16.0. The first-order chi connectivity index (χ1) is 20.1. The maximum Gasteiger partial charge on any atom is 0.251 e. The molecule has 2 saturated heterocycles. The van der Waals surface area contributed by atoms with Crippen LogP contribution in [0.5, 0.6) is 5.75 Å². The molecule has 2 aliphatic carbocycles. The van der Waals surface area contributed by atoms with Crippen molar-refractivity contribution in [3.8, 4) is 17.0 Å². The van der Waals surface area contributed by atoms with Gasteiger partial charge in [0.15, 0.2) is 0 Å². The van der Waals surface area contributed by atoms with Crippen LogP contribution in [0.25, 0.3) is 22.2 Å². The zero-order valence-electron chi connectivity index (χ0n) is 24.4. The number of hydrogen-bond acceptors (Lipinski definition) is 5. The highest BCUT2D eigenvalue weighted by atomic mass is 16.5. The van der Waals surface area contributed by atoms with Crippen molar-refractivity contribution in [3.05, 3.63) is 48.0 Å². The molecule has 2 bridgehead atoms. The van der Waals surface area contributed by atoms with Gasteiger partial charge in [-0.2, -0.15) is 5.10 Å². The fraction of sp³-hybridized carbons (Fsp3) is 0.588.